The molecule has 3 aromatic rings. The Kier molecular flexibility index (Phi) is 5.36. The van der Waals surface area contributed by atoms with E-state index in [2.05, 4.69) is 14.9 Å². The second kappa shape index (κ2) is 7.94. The fourth-order valence-electron chi connectivity index (χ4n) is 3.62. The van der Waals surface area contributed by atoms with Gasteiger partial charge in [-0.15, -0.1) is 0 Å². The molecule has 1 fully saturated rings. The SMILES string of the molecule is Fc1ccc(CN2CCCN(c3nc(C(F)(F)F)nc4ccccc34)CC2)cc1. The highest BCUT2D eigenvalue weighted by Gasteiger charge is 2.36. The van der Waals surface area contributed by atoms with Crippen LogP contribution in [-0.4, -0.2) is 41.0 Å². The third kappa shape index (κ3) is 4.48. The van der Waals surface area contributed by atoms with Crippen molar-refractivity contribution < 1.29 is 17.6 Å². The van der Waals surface area contributed by atoms with Gasteiger partial charge in [0.1, 0.15) is 11.6 Å². The molecule has 8 heteroatoms. The first-order chi connectivity index (χ1) is 13.9. The van der Waals surface area contributed by atoms with Crippen LogP contribution >= 0.6 is 0 Å². The fraction of sp³-hybridized carbons (Fsp3) is 0.333. The Bertz CT molecular complexity index is 988. The molecule has 0 unspecified atom stereocenters. The first-order valence-electron chi connectivity index (χ1n) is 9.46. The van der Waals surface area contributed by atoms with E-state index in [1.54, 1.807) is 36.4 Å². The second-order valence-corrected chi connectivity index (χ2v) is 7.13. The number of anilines is 1. The average Bonchev–Trinajstić information content (AvgIpc) is 2.94. The van der Waals surface area contributed by atoms with Crippen LogP contribution in [0.4, 0.5) is 23.4 Å². The predicted molar refractivity (Wildman–Crippen MR) is 103 cm³/mol. The van der Waals surface area contributed by atoms with E-state index in [4.69, 9.17) is 0 Å². The Morgan fingerprint density at radius 2 is 1.62 bits per heavy atom. The van der Waals surface area contributed by atoms with Crippen molar-refractivity contribution >= 4 is 16.7 Å². The normalized spacial score (nSPS) is 16.2. The van der Waals surface area contributed by atoms with Gasteiger partial charge in [-0.3, -0.25) is 4.90 Å². The van der Waals surface area contributed by atoms with E-state index < -0.39 is 12.0 Å². The summed E-state index contributed by atoms with van der Waals surface area (Å²) >= 11 is 0. The number of hydrogen-bond acceptors (Lipinski definition) is 4. The monoisotopic (exact) mass is 404 g/mol. The zero-order valence-corrected chi connectivity index (χ0v) is 15.7. The third-order valence-corrected chi connectivity index (χ3v) is 5.04. The zero-order valence-electron chi connectivity index (χ0n) is 15.7. The van der Waals surface area contributed by atoms with Crippen molar-refractivity contribution in [2.45, 2.75) is 19.1 Å². The Hall–Kier alpha value is -2.74. The van der Waals surface area contributed by atoms with Gasteiger partial charge in [-0.05, 0) is 36.2 Å². The van der Waals surface area contributed by atoms with Gasteiger partial charge < -0.3 is 4.90 Å². The molecule has 152 valence electrons. The van der Waals surface area contributed by atoms with Crippen molar-refractivity contribution in [3.05, 3.63) is 65.7 Å². The van der Waals surface area contributed by atoms with Gasteiger partial charge in [-0.1, -0.05) is 24.3 Å². The van der Waals surface area contributed by atoms with Crippen LogP contribution in [0, 0.1) is 5.82 Å². The van der Waals surface area contributed by atoms with Crippen LogP contribution in [0.2, 0.25) is 0 Å². The number of para-hydroxylation sites is 1. The number of aromatic nitrogens is 2. The Labute approximate surface area is 165 Å². The smallest absolute Gasteiger partial charge is 0.355 e. The molecule has 29 heavy (non-hydrogen) atoms. The van der Waals surface area contributed by atoms with Gasteiger partial charge in [-0.25, -0.2) is 14.4 Å². The number of nitrogens with zero attached hydrogens (tertiary/aromatic N) is 4. The quantitative estimate of drug-likeness (QED) is 0.602. The largest absolute Gasteiger partial charge is 0.451 e. The summed E-state index contributed by atoms with van der Waals surface area (Å²) in [7, 11) is 0. The van der Waals surface area contributed by atoms with Crippen LogP contribution in [0.5, 0.6) is 0 Å². The summed E-state index contributed by atoms with van der Waals surface area (Å²) in [4.78, 5) is 11.7. The lowest BCUT2D eigenvalue weighted by Gasteiger charge is -2.24. The fourth-order valence-corrected chi connectivity index (χ4v) is 3.62. The van der Waals surface area contributed by atoms with Gasteiger partial charge in [0.25, 0.3) is 0 Å². The maximum atomic E-state index is 13.3. The number of rotatable bonds is 3. The van der Waals surface area contributed by atoms with E-state index in [9.17, 15) is 17.6 Å². The van der Waals surface area contributed by atoms with Crippen molar-refractivity contribution in [2.75, 3.05) is 31.1 Å². The predicted octanol–water partition coefficient (Wildman–Crippen LogP) is 4.50. The Morgan fingerprint density at radius 1 is 0.862 bits per heavy atom. The van der Waals surface area contributed by atoms with E-state index in [1.807, 2.05) is 4.90 Å². The van der Waals surface area contributed by atoms with E-state index in [-0.39, 0.29) is 11.3 Å². The van der Waals surface area contributed by atoms with Crippen LogP contribution in [0.15, 0.2) is 48.5 Å². The molecular weight excluding hydrogens is 384 g/mol. The molecule has 0 spiro atoms. The van der Waals surface area contributed by atoms with Crippen LogP contribution in [0.25, 0.3) is 10.9 Å². The number of fused-ring (bicyclic) bond motifs is 1. The summed E-state index contributed by atoms with van der Waals surface area (Å²) in [6, 6.07) is 13.2. The Morgan fingerprint density at radius 3 is 2.38 bits per heavy atom. The summed E-state index contributed by atoms with van der Waals surface area (Å²) in [6.45, 7) is 3.32. The summed E-state index contributed by atoms with van der Waals surface area (Å²) < 4.78 is 53.0. The lowest BCUT2D eigenvalue weighted by atomic mass is 10.2. The van der Waals surface area contributed by atoms with E-state index in [0.29, 0.717) is 37.4 Å². The van der Waals surface area contributed by atoms with Crippen LogP contribution in [-0.2, 0) is 12.7 Å². The first kappa shape index (κ1) is 19.6. The molecular formula is C21H20F4N4. The molecule has 0 amide bonds. The minimum atomic E-state index is -4.60. The van der Waals surface area contributed by atoms with Gasteiger partial charge in [0.05, 0.1) is 5.52 Å². The number of alkyl halides is 3. The molecule has 1 saturated heterocycles. The van der Waals surface area contributed by atoms with Crippen molar-refractivity contribution in [3.8, 4) is 0 Å². The highest BCUT2D eigenvalue weighted by molar-refractivity contribution is 5.89. The van der Waals surface area contributed by atoms with Gasteiger partial charge >= 0.3 is 6.18 Å². The average molecular weight is 404 g/mol. The summed E-state index contributed by atoms with van der Waals surface area (Å²) in [6.07, 6.45) is -3.81. The minimum Gasteiger partial charge on any atom is -0.355 e. The van der Waals surface area contributed by atoms with Crippen LogP contribution < -0.4 is 4.90 Å². The summed E-state index contributed by atoms with van der Waals surface area (Å²) in [5.74, 6) is -1.06. The van der Waals surface area contributed by atoms with Crippen molar-refractivity contribution in [1.29, 1.82) is 0 Å². The standard InChI is InChI=1S/C21H20F4N4/c22-16-8-6-15(7-9-16)14-28-10-3-11-29(13-12-28)19-17-4-1-2-5-18(17)26-20(27-19)21(23,24)25/h1-2,4-9H,3,10-14H2. The molecule has 0 aliphatic carbocycles. The molecule has 1 aliphatic rings. The van der Waals surface area contributed by atoms with Crippen molar-refractivity contribution in [1.82, 2.24) is 14.9 Å². The maximum absolute atomic E-state index is 13.3. The van der Waals surface area contributed by atoms with E-state index in [1.165, 1.54) is 12.1 Å². The molecule has 2 heterocycles. The minimum absolute atomic E-state index is 0.271. The van der Waals surface area contributed by atoms with Crippen molar-refractivity contribution in [3.63, 3.8) is 0 Å². The first-order valence-corrected chi connectivity index (χ1v) is 9.46. The van der Waals surface area contributed by atoms with Gasteiger partial charge in [0.2, 0.25) is 5.82 Å². The maximum Gasteiger partial charge on any atom is 0.451 e. The van der Waals surface area contributed by atoms with Gasteiger partial charge in [0.15, 0.2) is 0 Å². The topological polar surface area (TPSA) is 32.3 Å². The van der Waals surface area contributed by atoms with Crippen LogP contribution in [0.1, 0.15) is 17.8 Å². The highest BCUT2D eigenvalue weighted by Crippen LogP contribution is 2.32. The van der Waals surface area contributed by atoms with Crippen molar-refractivity contribution in [2.24, 2.45) is 0 Å². The molecule has 1 aromatic heterocycles. The Balaban J connectivity index is 1.57. The molecule has 0 N–H and O–H groups in total. The molecule has 1 aliphatic heterocycles. The number of hydrogen-bond donors (Lipinski definition) is 0. The highest BCUT2D eigenvalue weighted by atomic mass is 19.4. The van der Waals surface area contributed by atoms with Gasteiger partial charge in [0, 0.05) is 38.1 Å². The molecule has 4 nitrogen and oxygen atoms in total. The van der Waals surface area contributed by atoms with Gasteiger partial charge in [-0.2, -0.15) is 13.2 Å². The third-order valence-electron chi connectivity index (χ3n) is 5.04. The molecule has 0 saturated carbocycles. The summed E-state index contributed by atoms with van der Waals surface area (Å²) in [5, 5.41) is 0.618. The second-order valence-electron chi connectivity index (χ2n) is 7.13. The van der Waals surface area contributed by atoms with E-state index >= 15 is 0 Å². The number of benzene rings is 2. The lowest BCUT2D eigenvalue weighted by molar-refractivity contribution is -0.144. The van der Waals surface area contributed by atoms with E-state index in [0.717, 1.165) is 18.5 Å². The molecule has 4 rings (SSSR count). The molecule has 2 aromatic carbocycles. The van der Waals surface area contributed by atoms with Crippen LogP contribution in [0.3, 0.4) is 0 Å². The zero-order chi connectivity index (χ0) is 20.4. The lowest BCUT2D eigenvalue weighted by Crippen LogP contribution is -2.31. The molecule has 0 bridgehead atoms. The number of halogens is 4. The summed E-state index contributed by atoms with van der Waals surface area (Å²) in [5.41, 5.74) is 1.30. The molecule has 0 radical (unpaired) electrons. The molecule has 0 atom stereocenters.